The van der Waals surface area contributed by atoms with Crippen molar-refractivity contribution < 1.29 is 18.8 Å². The highest BCUT2D eigenvalue weighted by atomic mass is 35.5. The molecule has 2 aromatic rings. The third-order valence-corrected chi connectivity index (χ3v) is 4.56. The molecule has 8 heteroatoms. The Hall–Kier alpha value is -2.12. The lowest BCUT2D eigenvalue weighted by Crippen LogP contribution is -2.44. The topological polar surface area (TPSA) is 76.1 Å². The van der Waals surface area contributed by atoms with Crippen LogP contribution in [0.15, 0.2) is 18.2 Å². The molecule has 0 spiro atoms. The Morgan fingerprint density at radius 2 is 1.92 bits per heavy atom. The van der Waals surface area contributed by atoms with Gasteiger partial charge in [0.2, 0.25) is 0 Å². The van der Waals surface area contributed by atoms with Crippen molar-refractivity contribution in [2.45, 2.75) is 39.7 Å². The fourth-order valence-corrected chi connectivity index (χ4v) is 3.24. The standard InChI is InChI=1S/C18H18ClFN2O3S/c1-9-14(13(23)8-10-5-6-12(20)11(19)7-10)21-17(26-9)15(24)16(25)22-18(2,3)4/h5-7H,8H2,1-4H3,(H,22,25). The van der Waals surface area contributed by atoms with Crippen molar-refractivity contribution in [3.63, 3.8) is 0 Å². The predicted octanol–water partition coefficient (Wildman–Crippen LogP) is 3.77. The van der Waals surface area contributed by atoms with Crippen LogP contribution in [-0.4, -0.2) is 28.0 Å². The number of halogens is 2. The number of hydrogen-bond donors (Lipinski definition) is 1. The molecule has 138 valence electrons. The van der Waals surface area contributed by atoms with Gasteiger partial charge in [0.05, 0.1) is 5.02 Å². The number of thiazole rings is 1. The number of ketones is 2. The molecule has 1 aromatic heterocycles. The summed E-state index contributed by atoms with van der Waals surface area (Å²) in [5.74, 6) is -2.45. The molecule has 0 atom stereocenters. The molecule has 0 saturated carbocycles. The first kappa shape index (κ1) is 20.2. The van der Waals surface area contributed by atoms with E-state index in [9.17, 15) is 18.8 Å². The van der Waals surface area contributed by atoms with E-state index < -0.39 is 23.0 Å². The molecule has 26 heavy (non-hydrogen) atoms. The molecule has 0 radical (unpaired) electrons. The normalized spacial score (nSPS) is 11.3. The number of amides is 1. The van der Waals surface area contributed by atoms with Gasteiger partial charge < -0.3 is 5.32 Å². The fourth-order valence-electron chi connectivity index (χ4n) is 2.17. The molecule has 1 aromatic carbocycles. The highest BCUT2D eigenvalue weighted by molar-refractivity contribution is 7.14. The number of carbonyl (C=O) groups excluding carboxylic acids is 3. The molecule has 5 nitrogen and oxygen atoms in total. The van der Waals surface area contributed by atoms with E-state index in [2.05, 4.69) is 10.3 Å². The van der Waals surface area contributed by atoms with E-state index in [1.165, 1.54) is 18.2 Å². The lowest BCUT2D eigenvalue weighted by Gasteiger charge is -2.19. The minimum atomic E-state index is -0.781. The van der Waals surface area contributed by atoms with Crippen LogP contribution < -0.4 is 5.32 Å². The SMILES string of the molecule is Cc1sc(C(=O)C(=O)NC(C)(C)C)nc1C(=O)Cc1ccc(F)c(Cl)c1. The molecular weight excluding hydrogens is 379 g/mol. The van der Waals surface area contributed by atoms with E-state index in [1.807, 2.05) is 0 Å². The van der Waals surface area contributed by atoms with Crippen molar-refractivity contribution in [2.24, 2.45) is 0 Å². The smallest absolute Gasteiger partial charge is 0.295 e. The molecule has 0 aliphatic heterocycles. The number of aromatic nitrogens is 1. The molecule has 0 aliphatic rings. The monoisotopic (exact) mass is 396 g/mol. The van der Waals surface area contributed by atoms with E-state index in [-0.39, 0.29) is 27.9 Å². The molecule has 1 N–H and O–H groups in total. The Kier molecular flexibility index (Phi) is 5.93. The van der Waals surface area contributed by atoms with Gasteiger partial charge in [-0.2, -0.15) is 0 Å². The zero-order valence-electron chi connectivity index (χ0n) is 14.8. The maximum absolute atomic E-state index is 13.2. The number of carbonyl (C=O) groups is 3. The van der Waals surface area contributed by atoms with Crippen LogP contribution in [0.3, 0.4) is 0 Å². The van der Waals surface area contributed by atoms with Gasteiger partial charge in [0.25, 0.3) is 11.7 Å². The first-order chi connectivity index (χ1) is 12.0. The summed E-state index contributed by atoms with van der Waals surface area (Å²) in [4.78, 5) is 41.2. The number of Topliss-reactive ketones (excluding diaryl/α,β-unsaturated/α-hetero) is 2. The van der Waals surface area contributed by atoms with Gasteiger partial charge in [0.1, 0.15) is 11.5 Å². The Labute approximate surface area is 159 Å². The largest absolute Gasteiger partial charge is 0.345 e. The molecule has 0 unspecified atom stereocenters. The van der Waals surface area contributed by atoms with Gasteiger partial charge in [-0.15, -0.1) is 11.3 Å². The minimum Gasteiger partial charge on any atom is -0.345 e. The van der Waals surface area contributed by atoms with Gasteiger partial charge in [-0.1, -0.05) is 17.7 Å². The molecule has 0 bridgehead atoms. The van der Waals surface area contributed by atoms with Crippen LogP contribution in [0.5, 0.6) is 0 Å². The van der Waals surface area contributed by atoms with Gasteiger partial charge in [0, 0.05) is 16.8 Å². The average molecular weight is 397 g/mol. The molecule has 0 saturated heterocycles. The third kappa shape index (κ3) is 4.95. The molecule has 0 aliphatic carbocycles. The molecule has 0 fully saturated rings. The summed E-state index contributed by atoms with van der Waals surface area (Å²) >= 11 is 6.71. The average Bonchev–Trinajstić information content (AvgIpc) is 2.90. The summed E-state index contributed by atoms with van der Waals surface area (Å²) in [5.41, 5.74) is 0.106. The van der Waals surface area contributed by atoms with Crippen molar-refractivity contribution in [2.75, 3.05) is 0 Å². The van der Waals surface area contributed by atoms with Crippen LogP contribution in [0.1, 0.15) is 51.5 Å². The van der Waals surface area contributed by atoms with Crippen molar-refractivity contribution in [1.82, 2.24) is 10.3 Å². The second-order valence-electron chi connectivity index (χ2n) is 6.81. The van der Waals surface area contributed by atoms with Gasteiger partial charge in [-0.25, -0.2) is 9.37 Å². The number of benzene rings is 1. The van der Waals surface area contributed by atoms with Crippen molar-refractivity contribution in [1.29, 1.82) is 0 Å². The van der Waals surface area contributed by atoms with E-state index in [0.717, 1.165) is 11.3 Å². The predicted molar refractivity (Wildman–Crippen MR) is 98.5 cm³/mol. The van der Waals surface area contributed by atoms with E-state index >= 15 is 0 Å². The van der Waals surface area contributed by atoms with E-state index in [4.69, 9.17) is 11.6 Å². The zero-order chi connectivity index (χ0) is 19.6. The summed E-state index contributed by atoms with van der Waals surface area (Å²) in [7, 11) is 0. The van der Waals surface area contributed by atoms with Crippen LogP contribution in [0, 0.1) is 12.7 Å². The summed E-state index contributed by atoms with van der Waals surface area (Å²) in [6, 6.07) is 4.02. The Bertz CT molecular complexity index is 887. The number of nitrogens with one attached hydrogen (secondary N) is 1. The van der Waals surface area contributed by atoms with Crippen LogP contribution >= 0.6 is 22.9 Å². The summed E-state index contributed by atoms with van der Waals surface area (Å²) in [6.45, 7) is 6.93. The van der Waals surface area contributed by atoms with Gasteiger partial charge in [0.15, 0.2) is 10.8 Å². The van der Waals surface area contributed by atoms with Crippen LogP contribution in [0.25, 0.3) is 0 Å². The van der Waals surface area contributed by atoms with Crippen LogP contribution in [0.4, 0.5) is 4.39 Å². The second-order valence-corrected chi connectivity index (χ2v) is 8.42. The van der Waals surface area contributed by atoms with Crippen molar-refractivity contribution >= 4 is 40.4 Å². The molecule has 1 amide bonds. The number of nitrogens with zero attached hydrogens (tertiary/aromatic N) is 1. The first-order valence-corrected chi connectivity index (χ1v) is 8.99. The Morgan fingerprint density at radius 1 is 1.27 bits per heavy atom. The Balaban J connectivity index is 2.18. The summed E-state index contributed by atoms with van der Waals surface area (Å²) in [5, 5.41) is 2.46. The van der Waals surface area contributed by atoms with Gasteiger partial charge in [-0.05, 0) is 45.4 Å². The summed E-state index contributed by atoms with van der Waals surface area (Å²) < 4.78 is 13.2. The summed E-state index contributed by atoms with van der Waals surface area (Å²) in [6.07, 6.45) is -0.0353. The maximum Gasteiger partial charge on any atom is 0.295 e. The molecule has 2 rings (SSSR count). The van der Waals surface area contributed by atoms with Gasteiger partial charge >= 0.3 is 0 Å². The fraction of sp³-hybridized carbons (Fsp3) is 0.333. The van der Waals surface area contributed by atoms with Crippen LogP contribution in [0.2, 0.25) is 5.02 Å². The van der Waals surface area contributed by atoms with Crippen molar-refractivity contribution in [3.05, 3.63) is 50.2 Å². The lowest BCUT2D eigenvalue weighted by molar-refractivity contribution is -0.118. The zero-order valence-corrected chi connectivity index (χ0v) is 16.3. The highest BCUT2D eigenvalue weighted by Crippen LogP contribution is 2.22. The second kappa shape index (κ2) is 7.63. The van der Waals surface area contributed by atoms with E-state index in [1.54, 1.807) is 27.7 Å². The lowest BCUT2D eigenvalue weighted by atomic mass is 10.1. The van der Waals surface area contributed by atoms with E-state index in [0.29, 0.717) is 10.4 Å². The van der Waals surface area contributed by atoms with Gasteiger partial charge in [-0.3, -0.25) is 14.4 Å². The number of hydrogen-bond acceptors (Lipinski definition) is 5. The molecule has 1 heterocycles. The van der Waals surface area contributed by atoms with Crippen molar-refractivity contribution in [3.8, 4) is 0 Å². The molecular formula is C18H18ClFN2O3S. The Morgan fingerprint density at radius 3 is 2.50 bits per heavy atom. The number of rotatable bonds is 5. The third-order valence-electron chi connectivity index (χ3n) is 3.30. The minimum absolute atomic E-state index is 0.0353. The number of aryl methyl sites for hydroxylation is 1. The quantitative estimate of drug-likeness (QED) is 0.616. The maximum atomic E-state index is 13.2. The van der Waals surface area contributed by atoms with Crippen LogP contribution in [-0.2, 0) is 11.2 Å². The highest BCUT2D eigenvalue weighted by Gasteiger charge is 2.26. The first-order valence-electron chi connectivity index (χ1n) is 7.79.